The molecule has 186 valence electrons. The number of benzene rings is 3. The fourth-order valence-corrected chi connectivity index (χ4v) is 4.98. The molecule has 2 aliphatic rings. The Kier molecular flexibility index (Phi) is 6.16. The summed E-state index contributed by atoms with van der Waals surface area (Å²) in [7, 11) is 1.55. The lowest BCUT2D eigenvalue weighted by Crippen LogP contribution is -2.31. The number of rotatable bonds is 5. The van der Waals surface area contributed by atoms with Crippen LogP contribution in [0.15, 0.2) is 71.9 Å². The van der Waals surface area contributed by atoms with Crippen molar-refractivity contribution >= 4 is 17.2 Å². The van der Waals surface area contributed by atoms with E-state index in [0.29, 0.717) is 23.3 Å². The molecule has 2 N–H and O–H groups in total. The van der Waals surface area contributed by atoms with E-state index < -0.39 is 17.7 Å². The lowest BCUT2D eigenvalue weighted by Gasteiger charge is -2.34. The first-order valence-electron chi connectivity index (χ1n) is 11.9. The third-order valence-electron chi connectivity index (χ3n) is 6.64. The Morgan fingerprint density at radius 3 is 2.47 bits per heavy atom. The normalized spacial score (nSPS) is 18.4. The SMILES string of the molecule is COc1ccc([C@@H]2Nc3ccccc3NC3=C2C(=O)CC(C)(C)C3)cc1COc1ccc(F)cc1F. The first-order chi connectivity index (χ1) is 17.2. The van der Waals surface area contributed by atoms with Crippen LogP contribution in [0.4, 0.5) is 20.2 Å². The third-order valence-corrected chi connectivity index (χ3v) is 6.64. The molecule has 0 radical (unpaired) electrons. The summed E-state index contributed by atoms with van der Waals surface area (Å²) in [6.45, 7) is 4.22. The predicted octanol–water partition coefficient (Wildman–Crippen LogP) is 6.77. The van der Waals surface area contributed by atoms with E-state index in [2.05, 4.69) is 24.5 Å². The Bertz CT molecular complexity index is 1370. The van der Waals surface area contributed by atoms with Crippen LogP contribution in [0.25, 0.3) is 0 Å². The van der Waals surface area contributed by atoms with Crippen LogP contribution in [0.2, 0.25) is 0 Å². The molecular formula is C29H28F2N2O3. The van der Waals surface area contributed by atoms with Gasteiger partial charge in [-0.2, -0.15) is 0 Å². The van der Waals surface area contributed by atoms with Gasteiger partial charge in [0.15, 0.2) is 17.3 Å². The molecule has 0 fully saturated rings. The molecule has 36 heavy (non-hydrogen) atoms. The van der Waals surface area contributed by atoms with Crippen molar-refractivity contribution in [2.75, 3.05) is 17.7 Å². The number of para-hydroxylation sites is 2. The second-order valence-corrected chi connectivity index (χ2v) is 10.0. The number of carbonyl (C=O) groups excluding carboxylic acids is 1. The molecule has 0 saturated carbocycles. The number of hydrogen-bond donors (Lipinski definition) is 2. The number of allylic oxidation sites excluding steroid dienone is 1. The molecule has 1 heterocycles. The van der Waals surface area contributed by atoms with Crippen molar-refractivity contribution in [2.45, 2.75) is 39.3 Å². The lowest BCUT2D eigenvalue weighted by atomic mass is 9.73. The Balaban J connectivity index is 1.54. The number of hydrogen-bond acceptors (Lipinski definition) is 5. The zero-order valence-corrected chi connectivity index (χ0v) is 20.5. The van der Waals surface area contributed by atoms with E-state index in [9.17, 15) is 13.6 Å². The number of anilines is 2. The summed E-state index contributed by atoms with van der Waals surface area (Å²) in [5, 5.41) is 7.08. The molecule has 0 aromatic heterocycles. The molecule has 1 aliphatic heterocycles. The molecule has 0 bridgehead atoms. The lowest BCUT2D eigenvalue weighted by molar-refractivity contribution is -0.118. The summed E-state index contributed by atoms with van der Waals surface area (Å²) in [4.78, 5) is 13.5. The smallest absolute Gasteiger partial charge is 0.167 e. The minimum atomic E-state index is -0.775. The number of ether oxygens (including phenoxy) is 2. The molecule has 3 aromatic carbocycles. The van der Waals surface area contributed by atoms with Crippen molar-refractivity contribution < 1.29 is 23.0 Å². The molecule has 1 atom stereocenters. The topological polar surface area (TPSA) is 59.6 Å². The van der Waals surface area contributed by atoms with Gasteiger partial charge in [-0.3, -0.25) is 4.79 Å². The van der Waals surface area contributed by atoms with Crippen LogP contribution in [0.3, 0.4) is 0 Å². The minimum Gasteiger partial charge on any atom is -0.496 e. The molecule has 0 amide bonds. The Morgan fingerprint density at radius 1 is 0.972 bits per heavy atom. The largest absolute Gasteiger partial charge is 0.496 e. The number of carbonyl (C=O) groups is 1. The van der Waals surface area contributed by atoms with Gasteiger partial charge in [-0.05, 0) is 53.8 Å². The Morgan fingerprint density at radius 2 is 1.72 bits per heavy atom. The first-order valence-corrected chi connectivity index (χ1v) is 11.9. The third kappa shape index (κ3) is 4.65. The Hall–Kier alpha value is -3.87. The second-order valence-electron chi connectivity index (χ2n) is 10.0. The van der Waals surface area contributed by atoms with E-state index in [1.807, 2.05) is 42.5 Å². The van der Waals surface area contributed by atoms with Gasteiger partial charge in [0.05, 0.1) is 24.5 Å². The minimum absolute atomic E-state index is 0.00794. The molecule has 0 saturated heterocycles. The van der Waals surface area contributed by atoms with Crippen molar-refractivity contribution in [3.8, 4) is 11.5 Å². The molecule has 0 spiro atoms. The van der Waals surface area contributed by atoms with Crippen molar-refractivity contribution in [3.05, 3.63) is 94.7 Å². The van der Waals surface area contributed by atoms with Gasteiger partial charge in [0, 0.05) is 29.3 Å². The summed E-state index contributed by atoms with van der Waals surface area (Å²) in [6, 6.07) is 16.3. The summed E-state index contributed by atoms with van der Waals surface area (Å²) in [5.74, 6) is -0.829. The number of nitrogens with one attached hydrogen (secondary N) is 2. The van der Waals surface area contributed by atoms with Gasteiger partial charge in [0.1, 0.15) is 18.2 Å². The maximum atomic E-state index is 14.1. The number of Topliss-reactive ketones (excluding diaryl/α,β-unsaturated/α-hetero) is 1. The van der Waals surface area contributed by atoms with Gasteiger partial charge in [0.2, 0.25) is 0 Å². The van der Waals surface area contributed by atoms with Crippen LogP contribution in [0.5, 0.6) is 11.5 Å². The van der Waals surface area contributed by atoms with Crippen molar-refractivity contribution in [1.82, 2.24) is 0 Å². The van der Waals surface area contributed by atoms with Crippen LogP contribution in [0.1, 0.15) is 43.9 Å². The highest BCUT2D eigenvalue weighted by atomic mass is 19.1. The van der Waals surface area contributed by atoms with Gasteiger partial charge < -0.3 is 20.1 Å². The summed E-state index contributed by atoms with van der Waals surface area (Å²) >= 11 is 0. The summed E-state index contributed by atoms with van der Waals surface area (Å²) < 4.78 is 38.6. The van der Waals surface area contributed by atoms with Gasteiger partial charge in [-0.1, -0.05) is 32.0 Å². The van der Waals surface area contributed by atoms with Gasteiger partial charge in [0.25, 0.3) is 0 Å². The van der Waals surface area contributed by atoms with E-state index >= 15 is 0 Å². The zero-order chi connectivity index (χ0) is 25.4. The number of ketones is 1. The fraction of sp³-hybridized carbons (Fsp3) is 0.276. The van der Waals surface area contributed by atoms with Gasteiger partial charge >= 0.3 is 0 Å². The average Bonchev–Trinajstić information content (AvgIpc) is 2.99. The summed E-state index contributed by atoms with van der Waals surface area (Å²) in [6.07, 6.45) is 1.20. The van der Waals surface area contributed by atoms with Gasteiger partial charge in [-0.25, -0.2) is 8.78 Å². The maximum Gasteiger partial charge on any atom is 0.167 e. The highest BCUT2D eigenvalue weighted by Gasteiger charge is 2.38. The fourth-order valence-electron chi connectivity index (χ4n) is 4.98. The van der Waals surface area contributed by atoms with Crippen molar-refractivity contribution in [1.29, 1.82) is 0 Å². The Labute approximate surface area is 209 Å². The zero-order valence-electron chi connectivity index (χ0n) is 20.5. The average molecular weight is 491 g/mol. The molecule has 7 heteroatoms. The van der Waals surface area contributed by atoms with E-state index in [4.69, 9.17) is 9.47 Å². The van der Waals surface area contributed by atoms with E-state index in [1.165, 1.54) is 6.07 Å². The maximum absolute atomic E-state index is 14.1. The highest BCUT2D eigenvalue weighted by molar-refractivity contribution is 6.01. The molecule has 0 unspecified atom stereocenters. The number of methoxy groups -OCH3 is 1. The standard InChI is InChI=1S/C29H28F2N2O3/c1-29(2)14-23-27(24(34)15-29)28(33-22-7-5-4-6-21(22)32-23)17-8-10-25(35-3)18(12-17)16-36-26-11-9-19(30)13-20(26)31/h4-13,28,32-33H,14-16H2,1-3H3/t28-/m0/s1. The summed E-state index contributed by atoms with van der Waals surface area (Å²) in [5.41, 5.74) is 4.83. The van der Waals surface area contributed by atoms with Crippen LogP contribution < -0.4 is 20.1 Å². The first kappa shape index (κ1) is 23.9. The number of fused-ring (bicyclic) bond motifs is 1. The second kappa shape index (κ2) is 9.30. The molecule has 5 rings (SSSR count). The van der Waals surface area contributed by atoms with Crippen LogP contribution in [-0.2, 0) is 11.4 Å². The van der Waals surface area contributed by atoms with E-state index in [1.54, 1.807) is 7.11 Å². The molecule has 5 nitrogen and oxygen atoms in total. The molecule has 1 aliphatic carbocycles. The van der Waals surface area contributed by atoms with Crippen LogP contribution in [-0.4, -0.2) is 12.9 Å². The highest BCUT2D eigenvalue weighted by Crippen LogP contribution is 2.45. The predicted molar refractivity (Wildman–Crippen MR) is 135 cm³/mol. The molecule has 3 aromatic rings. The van der Waals surface area contributed by atoms with E-state index in [-0.39, 0.29) is 23.6 Å². The van der Waals surface area contributed by atoms with Gasteiger partial charge in [-0.15, -0.1) is 0 Å². The van der Waals surface area contributed by atoms with Crippen molar-refractivity contribution in [3.63, 3.8) is 0 Å². The monoisotopic (exact) mass is 490 g/mol. The van der Waals surface area contributed by atoms with Crippen LogP contribution in [0, 0.1) is 17.0 Å². The quantitative estimate of drug-likeness (QED) is 0.413. The van der Waals surface area contributed by atoms with Crippen LogP contribution >= 0.6 is 0 Å². The molecular weight excluding hydrogens is 462 g/mol. The number of halogens is 2. The van der Waals surface area contributed by atoms with E-state index in [0.717, 1.165) is 41.2 Å². The van der Waals surface area contributed by atoms with Crippen molar-refractivity contribution in [2.24, 2.45) is 5.41 Å².